The van der Waals surface area contributed by atoms with Crippen molar-refractivity contribution in [2.75, 3.05) is 6.61 Å². The second-order valence-corrected chi connectivity index (χ2v) is 11.9. The summed E-state index contributed by atoms with van der Waals surface area (Å²) in [5.74, 6) is 1.33. The number of nitrogens with zero attached hydrogens (tertiary/aromatic N) is 4. The first-order valence-electron chi connectivity index (χ1n) is 11.5. The number of aliphatic hydroxyl groups excluding tert-OH is 1. The molecule has 4 aromatic rings. The number of aliphatic hydroxyl groups is 1. The van der Waals surface area contributed by atoms with Gasteiger partial charge in [0.25, 0.3) is 0 Å². The van der Waals surface area contributed by atoms with Gasteiger partial charge >= 0.3 is 7.82 Å². The van der Waals surface area contributed by atoms with E-state index in [1.807, 2.05) is 48.5 Å². The number of phosphoric acid groups is 1. The van der Waals surface area contributed by atoms with Gasteiger partial charge in [-0.1, -0.05) is 84.2 Å². The number of imidazole rings is 1. The normalized spacial score (nSPS) is 27.4. The van der Waals surface area contributed by atoms with Gasteiger partial charge in [-0.15, -0.1) is 0 Å². The minimum absolute atomic E-state index is 0.168. The lowest BCUT2D eigenvalue weighted by molar-refractivity contribution is -0.0684. The van der Waals surface area contributed by atoms with Crippen molar-refractivity contribution < 1.29 is 28.3 Å². The number of hydrogen-bond acceptors (Lipinski definition) is 10. The first-order valence-corrected chi connectivity index (χ1v) is 15.0. The molecule has 0 bridgehead atoms. The Kier molecular flexibility index (Phi) is 7.08. The largest absolute Gasteiger partial charge is 0.472 e. The van der Waals surface area contributed by atoms with Crippen LogP contribution in [0.2, 0.25) is 0 Å². The summed E-state index contributed by atoms with van der Waals surface area (Å²) in [6, 6.07) is 20.0. The van der Waals surface area contributed by atoms with Crippen molar-refractivity contribution in [3.05, 3.63) is 78.1 Å². The molecule has 2 saturated heterocycles. The molecular formula is C24H23N4O6PS2. The van der Waals surface area contributed by atoms with Crippen LogP contribution < -0.4 is 0 Å². The van der Waals surface area contributed by atoms with E-state index in [-0.39, 0.29) is 6.61 Å². The van der Waals surface area contributed by atoms with Crippen molar-refractivity contribution in [1.29, 1.82) is 0 Å². The number of thioether (sulfide) groups is 2. The summed E-state index contributed by atoms with van der Waals surface area (Å²) in [6.45, 7) is -0.168. The highest BCUT2D eigenvalue weighted by atomic mass is 32.2. The molecule has 1 unspecified atom stereocenters. The molecular weight excluding hydrogens is 535 g/mol. The fourth-order valence-electron chi connectivity index (χ4n) is 4.30. The number of phosphoric ester groups is 1. The van der Waals surface area contributed by atoms with Gasteiger partial charge in [0.15, 0.2) is 17.0 Å². The standard InChI is InChI=1S/C24H23N4O6PS2/c29-19-20-17(11-32-35(30,31)34-20)33-23(19)28-21-18(27-24(28)37-13-16-9-5-2-6-10-16)22(26-14-25-21)36-12-15-7-3-1-4-8-15/h1-10,14,17,19-20,23,29H,11-13H2,(H,30,31)/t17-,19-,20-,23-/m1/s1. The third kappa shape index (κ3) is 5.21. The molecule has 2 fully saturated rings. The van der Waals surface area contributed by atoms with E-state index in [0.29, 0.717) is 32.9 Å². The van der Waals surface area contributed by atoms with Gasteiger partial charge in [0.05, 0.1) is 6.61 Å². The number of rotatable bonds is 7. The lowest BCUT2D eigenvalue weighted by Crippen LogP contribution is -2.39. The number of hydrogen-bond donors (Lipinski definition) is 2. The van der Waals surface area contributed by atoms with E-state index in [0.717, 1.165) is 11.1 Å². The summed E-state index contributed by atoms with van der Waals surface area (Å²) in [7, 11) is -4.26. The van der Waals surface area contributed by atoms with Gasteiger partial charge in [0.1, 0.15) is 35.2 Å². The fourth-order valence-corrected chi connectivity index (χ4v) is 7.13. The smallest absolute Gasteiger partial charge is 0.386 e. The van der Waals surface area contributed by atoms with E-state index in [9.17, 15) is 14.6 Å². The molecule has 0 radical (unpaired) electrons. The molecule has 0 amide bonds. The summed E-state index contributed by atoms with van der Waals surface area (Å²) in [5.41, 5.74) is 3.35. The van der Waals surface area contributed by atoms with Crippen LogP contribution in [0.5, 0.6) is 0 Å². The van der Waals surface area contributed by atoms with E-state index < -0.39 is 32.4 Å². The first-order chi connectivity index (χ1) is 18.0. The van der Waals surface area contributed by atoms with E-state index in [1.54, 1.807) is 16.3 Å². The SMILES string of the molecule is O=P1(O)OC[C@H]2O[C@@H](n3c(SCc4ccccc4)nc4c(SCc5ccccc5)ncnc43)[C@H](O)[C@@H]2O1. The highest BCUT2D eigenvalue weighted by Gasteiger charge is 2.53. The highest BCUT2D eigenvalue weighted by molar-refractivity contribution is 7.98. The number of fused-ring (bicyclic) bond motifs is 2. The molecule has 37 heavy (non-hydrogen) atoms. The Bertz CT molecular complexity index is 1440. The van der Waals surface area contributed by atoms with Crippen LogP contribution in [0, 0.1) is 0 Å². The number of benzene rings is 2. The average molecular weight is 559 g/mol. The van der Waals surface area contributed by atoms with Crippen molar-refractivity contribution in [3.8, 4) is 0 Å². The molecule has 5 atom stereocenters. The summed E-state index contributed by atoms with van der Waals surface area (Å²) in [6.07, 6.45) is -2.45. The summed E-state index contributed by atoms with van der Waals surface area (Å²) < 4.78 is 29.9. The summed E-state index contributed by atoms with van der Waals surface area (Å²) in [5, 5.41) is 12.4. The molecule has 4 heterocycles. The van der Waals surface area contributed by atoms with Crippen LogP contribution in [-0.2, 0) is 29.9 Å². The second kappa shape index (κ2) is 10.5. The average Bonchev–Trinajstić information content (AvgIpc) is 3.44. The van der Waals surface area contributed by atoms with Crippen LogP contribution in [0.25, 0.3) is 11.2 Å². The lowest BCUT2D eigenvalue weighted by atomic mass is 10.1. The first kappa shape index (κ1) is 25.0. The monoisotopic (exact) mass is 558 g/mol. The van der Waals surface area contributed by atoms with Gasteiger partial charge in [0, 0.05) is 11.5 Å². The molecule has 2 aliphatic heterocycles. The lowest BCUT2D eigenvalue weighted by Gasteiger charge is -2.27. The van der Waals surface area contributed by atoms with Crippen LogP contribution in [0.15, 0.2) is 77.2 Å². The maximum atomic E-state index is 12.0. The summed E-state index contributed by atoms with van der Waals surface area (Å²) >= 11 is 3.03. The van der Waals surface area contributed by atoms with Crippen molar-refractivity contribution in [3.63, 3.8) is 0 Å². The van der Waals surface area contributed by atoms with E-state index in [4.69, 9.17) is 18.8 Å². The number of aromatic nitrogens is 4. The zero-order valence-electron chi connectivity index (χ0n) is 19.4. The topological polar surface area (TPSA) is 129 Å². The van der Waals surface area contributed by atoms with Crippen molar-refractivity contribution in [2.45, 2.75) is 46.2 Å². The predicted molar refractivity (Wildman–Crippen MR) is 138 cm³/mol. The molecule has 2 aromatic carbocycles. The maximum Gasteiger partial charge on any atom is 0.472 e. The van der Waals surface area contributed by atoms with Crippen LogP contribution in [0.3, 0.4) is 0 Å². The maximum absolute atomic E-state index is 12.0. The molecule has 6 rings (SSSR count). The summed E-state index contributed by atoms with van der Waals surface area (Å²) in [4.78, 5) is 23.6. The Morgan fingerprint density at radius 1 is 1.00 bits per heavy atom. The van der Waals surface area contributed by atoms with E-state index in [2.05, 4.69) is 22.1 Å². The zero-order chi connectivity index (χ0) is 25.4. The molecule has 2 aromatic heterocycles. The highest BCUT2D eigenvalue weighted by Crippen LogP contribution is 2.53. The Hall–Kier alpha value is -2.28. The van der Waals surface area contributed by atoms with Crippen LogP contribution in [0.4, 0.5) is 0 Å². The van der Waals surface area contributed by atoms with Gasteiger partial charge in [0.2, 0.25) is 0 Å². The molecule has 0 spiro atoms. The zero-order valence-corrected chi connectivity index (χ0v) is 21.9. The van der Waals surface area contributed by atoms with Crippen molar-refractivity contribution in [2.24, 2.45) is 0 Å². The fraction of sp³-hybridized carbons (Fsp3) is 0.292. The van der Waals surface area contributed by atoms with Gasteiger partial charge in [-0.3, -0.25) is 13.6 Å². The van der Waals surface area contributed by atoms with E-state index >= 15 is 0 Å². The molecule has 0 aliphatic carbocycles. The van der Waals surface area contributed by atoms with Crippen LogP contribution in [-0.4, -0.2) is 54.4 Å². The van der Waals surface area contributed by atoms with E-state index in [1.165, 1.54) is 18.1 Å². The quantitative estimate of drug-likeness (QED) is 0.192. The molecule has 0 saturated carbocycles. The predicted octanol–water partition coefficient (Wildman–Crippen LogP) is 4.19. The Labute approximate surface area is 221 Å². The molecule has 192 valence electrons. The van der Waals surface area contributed by atoms with Crippen molar-refractivity contribution >= 4 is 42.5 Å². The van der Waals surface area contributed by atoms with Gasteiger partial charge in [-0.25, -0.2) is 19.5 Å². The number of ether oxygens (including phenoxy) is 1. The minimum Gasteiger partial charge on any atom is -0.386 e. The molecule has 2 aliphatic rings. The van der Waals surface area contributed by atoms with Crippen molar-refractivity contribution in [1.82, 2.24) is 19.5 Å². The minimum atomic E-state index is -4.26. The van der Waals surface area contributed by atoms with Gasteiger partial charge < -0.3 is 14.7 Å². The molecule has 10 nitrogen and oxygen atoms in total. The Morgan fingerprint density at radius 3 is 2.38 bits per heavy atom. The van der Waals surface area contributed by atoms with Gasteiger partial charge in [-0.2, -0.15) is 0 Å². The molecule has 2 N–H and O–H groups in total. The Balaban J connectivity index is 1.36. The van der Waals surface area contributed by atoms with Crippen LogP contribution in [0.1, 0.15) is 17.4 Å². The molecule has 13 heteroatoms. The second-order valence-electron chi connectivity index (χ2n) is 8.55. The Morgan fingerprint density at radius 2 is 1.68 bits per heavy atom. The van der Waals surface area contributed by atoms with Crippen LogP contribution >= 0.6 is 31.3 Å². The third-order valence-electron chi connectivity index (χ3n) is 6.06. The third-order valence-corrected chi connectivity index (χ3v) is 9.12. The van der Waals surface area contributed by atoms with Gasteiger partial charge in [-0.05, 0) is 11.1 Å².